The summed E-state index contributed by atoms with van der Waals surface area (Å²) in [5, 5.41) is 2.22. The molecule has 0 unspecified atom stereocenters. The highest BCUT2D eigenvalue weighted by atomic mass is 127. The maximum absolute atomic E-state index is 2.54. The van der Waals surface area contributed by atoms with Gasteiger partial charge in [-0.3, -0.25) is 4.90 Å². The summed E-state index contributed by atoms with van der Waals surface area (Å²) < 4.78 is 1.31. The molecule has 2 aromatic rings. The Kier molecular flexibility index (Phi) is 3.49. The summed E-state index contributed by atoms with van der Waals surface area (Å²) in [6.45, 7) is 3.39. The van der Waals surface area contributed by atoms with Crippen LogP contribution in [-0.2, 0) is 19.5 Å². The molecule has 0 amide bonds. The molecule has 0 spiro atoms. The van der Waals surface area contributed by atoms with Gasteiger partial charge in [0.25, 0.3) is 0 Å². The first-order valence-corrected chi connectivity index (χ1v) is 7.79. The van der Waals surface area contributed by atoms with Crippen molar-refractivity contribution in [3.05, 3.63) is 55.3 Å². The highest BCUT2D eigenvalue weighted by Crippen LogP contribution is 2.25. The number of benzene rings is 1. The molecule has 0 saturated carbocycles. The molecule has 1 aliphatic heterocycles. The fourth-order valence-corrected chi connectivity index (χ4v) is 3.54. The number of rotatable bonds is 2. The zero-order chi connectivity index (χ0) is 11.7. The maximum Gasteiger partial charge on any atom is 0.0248 e. The molecule has 3 heteroatoms. The van der Waals surface area contributed by atoms with Crippen LogP contribution >= 0.6 is 33.9 Å². The van der Waals surface area contributed by atoms with Crippen LogP contribution in [0.1, 0.15) is 16.0 Å². The van der Waals surface area contributed by atoms with Crippen LogP contribution in [0.25, 0.3) is 0 Å². The molecule has 0 bridgehead atoms. The zero-order valence-electron chi connectivity index (χ0n) is 9.53. The molecule has 3 rings (SSSR count). The van der Waals surface area contributed by atoms with Gasteiger partial charge in [0.15, 0.2) is 0 Å². The second-order valence-electron chi connectivity index (χ2n) is 4.46. The van der Waals surface area contributed by atoms with E-state index >= 15 is 0 Å². The van der Waals surface area contributed by atoms with Gasteiger partial charge in [-0.2, -0.15) is 0 Å². The summed E-state index contributed by atoms with van der Waals surface area (Å²) in [7, 11) is 0. The Morgan fingerprint density at radius 2 is 2.00 bits per heavy atom. The quantitative estimate of drug-likeness (QED) is 0.739. The number of hydrogen-bond donors (Lipinski definition) is 0. The summed E-state index contributed by atoms with van der Waals surface area (Å²) in [4.78, 5) is 4.13. The van der Waals surface area contributed by atoms with Crippen molar-refractivity contribution in [2.75, 3.05) is 6.54 Å². The fraction of sp³-hybridized carbons (Fsp3) is 0.286. The first kappa shape index (κ1) is 11.7. The van der Waals surface area contributed by atoms with Gasteiger partial charge in [-0.15, -0.1) is 11.3 Å². The van der Waals surface area contributed by atoms with Gasteiger partial charge in [0.2, 0.25) is 0 Å². The predicted molar refractivity (Wildman–Crippen MR) is 81.3 cm³/mol. The molecule has 1 aromatic heterocycles. The Morgan fingerprint density at radius 1 is 1.18 bits per heavy atom. The normalized spacial score (nSPS) is 15.8. The summed E-state index contributed by atoms with van der Waals surface area (Å²) >= 11 is 4.26. The first-order chi connectivity index (χ1) is 8.31. The van der Waals surface area contributed by atoms with E-state index in [9.17, 15) is 0 Å². The average molecular weight is 355 g/mol. The number of hydrogen-bond acceptors (Lipinski definition) is 2. The number of thiophene rings is 1. The molecule has 1 aromatic carbocycles. The molecule has 1 aliphatic rings. The third-order valence-electron chi connectivity index (χ3n) is 3.21. The molecule has 0 saturated heterocycles. The van der Waals surface area contributed by atoms with E-state index in [-0.39, 0.29) is 0 Å². The molecule has 0 N–H and O–H groups in total. The maximum atomic E-state index is 2.54. The van der Waals surface area contributed by atoms with E-state index in [4.69, 9.17) is 0 Å². The van der Waals surface area contributed by atoms with E-state index in [1.54, 1.807) is 4.88 Å². The van der Waals surface area contributed by atoms with E-state index in [2.05, 4.69) is 63.2 Å². The number of nitrogens with zero attached hydrogens (tertiary/aromatic N) is 1. The van der Waals surface area contributed by atoms with Crippen LogP contribution < -0.4 is 0 Å². The van der Waals surface area contributed by atoms with E-state index < -0.39 is 0 Å². The lowest BCUT2D eigenvalue weighted by atomic mass is 10.1. The Hall–Kier alpha value is -0.390. The van der Waals surface area contributed by atoms with Crippen molar-refractivity contribution in [2.45, 2.75) is 19.5 Å². The molecular formula is C14H14INS. The van der Waals surface area contributed by atoms with Crippen molar-refractivity contribution in [1.29, 1.82) is 0 Å². The lowest BCUT2D eigenvalue weighted by molar-refractivity contribution is 0.247. The van der Waals surface area contributed by atoms with Gasteiger partial charge < -0.3 is 0 Å². The van der Waals surface area contributed by atoms with Gasteiger partial charge in [0.05, 0.1) is 0 Å². The molecule has 2 heterocycles. The van der Waals surface area contributed by atoms with Crippen molar-refractivity contribution in [2.24, 2.45) is 0 Å². The third-order valence-corrected chi connectivity index (χ3v) is 4.95. The minimum atomic E-state index is 1.08. The second kappa shape index (κ2) is 5.08. The van der Waals surface area contributed by atoms with E-state index in [1.165, 1.54) is 27.7 Å². The van der Waals surface area contributed by atoms with Gasteiger partial charge in [-0.1, -0.05) is 12.1 Å². The Morgan fingerprint density at radius 3 is 2.82 bits per heavy atom. The molecule has 0 aliphatic carbocycles. The number of fused-ring (bicyclic) bond motifs is 1. The monoisotopic (exact) mass is 355 g/mol. The van der Waals surface area contributed by atoms with Gasteiger partial charge in [0.1, 0.15) is 0 Å². The minimum absolute atomic E-state index is 1.08. The third kappa shape index (κ3) is 2.72. The van der Waals surface area contributed by atoms with Crippen LogP contribution in [0.2, 0.25) is 0 Å². The summed E-state index contributed by atoms with van der Waals surface area (Å²) in [6, 6.07) is 11.1. The van der Waals surface area contributed by atoms with E-state index in [0.717, 1.165) is 13.1 Å². The first-order valence-electron chi connectivity index (χ1n) is 5.83. The Labute approximate surface area is 120 Å². The molecule has 1 nitrogen and oxygen atoms in total. The highest BCUT2D eigenvalue weighted by Gasteiger charge is 2.16. The van der Waals surface area contributed by atoms with Gasteiger partial charge >= 0.3 is 0 Å². The van der Waals surface area contributed by atoms with Gasteiger partial charge in [-0.25, -0.2) is 0 Å². The van der Waals surface area contributed by atoms with Crippen molar-refractivity contribution >= 4 is 33.9 Å². The van der Waals surface area contributed by atoms with Crippen LogP contribution in [0.3, 0.4) is 0 Å². The molecule has 0 radical (unpaired) electrons. The van der Waals surface area contributed by atoms with Crippen LogP contribution in [0.4, 0.5) is 0 Å². The van der Waals surface area contributed by atoms with Crippen LogP contribution in [0.5, 0.6) is 0 Å². The topological polar surface area (TPSA) is 3.24 Å². The lowest BCUT2D eigenvalue weighted by Gasteiger charge is -2.26. The molecular weight excluding hydrogens is 341 g/mol. The van der Waals surface area contributed by atoms with Crippen molar-refractivity contribution in [3.8, 4) is 0 Å². The largest absolute Gasteiger partial charge is 0.294 e. The minimum Gasteiger partial charge on any atom is -0.294 e. The molecule has 0 fully saturated rings. The SMILES string of the molecule is Ic1ccc(CN2CCc3sccc3C2)cc1. The van der Waals surface area contributed by atoms with Crippen LogP contribution in [-0.4, -0.2) is 11.4 Å². The van der Waals surface area contributed by atoms with E-state index in [0.29, 0.717) is 0 Å². The molecule has 88 valence electrons. The Bertz CT molecular complexity index is 503. The zero-order valence-corrected chi connectivity index (χ0v) is 12.5. The predicted octanol–water partition coefficient (Wildman–Crippen LogP) is 3.91. The molecule has 17 heavy (non-hydrogen) atoms. The second-order valence-corrected chi connectivity index (χ2v) is 6.70. The van der Waals surface area contributed by atoms with Crippen LogP contribution in [0, 0.1) is 3.57 Å². The summed E-state index contributed by atoms with van der Waals surface area (Å²) in [5.41, 5.74) is 2.95. The van der Waals surface area contributed by atoms with Gasteiger partial charge in [0, 0.05) is 28.1 Å². The van der Waals surface area contributed by atoms with Crippen molar-refractivity contribution in [3.63, 3.8) is 0 Å². The highest BCUT2D eigenvalue weighted by molar-refractivity contribution is 14.1. The van der Waals surface area contributed by atoms with Crippen molar-refractivity contribution in [1.82, 2.24) is 4.90 Å². The standard InChI is InChI=1S/C14H14INS/c15-13-3-1-11(2-4-13)9-16-7-5-14-12(10-16)6-8-17-14/h1-4,6,8H,5,7,9-10H2. The molecule has 0 atom stereocenters. The summed E-state index contributed by atoms with van der Waals surface area (Å²) in [6.07, 6.45) is 1.22. The van der Waals surface area contributed by atoms with Crippen LogP contribution in [0.15, 0.2) is 35.7 Å². The fourth-order valence-electron chi connectivity index (χ4n) is 2.29. The van der Waals surface area contributed by atoms with Gasteiger partial charge in [-0.05, 0) is 63.7 Å². The van der Waals surface area contributed by atoms with E-state index in [1.807, 2.05) is 11.3 Å². The smallest absolute Gasteiger partial charge is 0.0248 e. The lowest BCUT2D eigenvalue weighted by Crippen LogP contribution is -2.29. The van der Waals surface area contributed by atoms with Crippen molar-refractivity contribution < 1.29 is 0 Å². The number of halogens is 1. The Balaban J connectivity index is 1.69. The summed E-state index contributed by atoms with van der Waals surface area (Å²) in [5.74, 6) is 0. The average Bonchev–Trinajstić information content (AvgIpc) is 2.79.